The fourth-order valence-corrected chi connectivity index (χ4v) is 3.06. The van der Waals surface area contributed by atoms with Gasteiger partial charge in [0.1, 0.15) is 0 Å². The van der Waals surface area contributed by atoms with Crippen molar-refractivity contribution in [2.45, 2.75) is 25.9 Å². The minimum atomic E-state index is -0.354. The Labute approximate surface area is 156 Å². The fourth-order valence-electron chi connectivity index (χ4n) is 3.06. The number of piperazine rings is 1. The summed E-state index contributed by atoms with van der Waals surface area (Å²) < 4.78 is 18.9. The van der Waals surface area contributed by atoms with E-state index in [0.29, 0.717) is 6.04 Å². The monoisotopic (exact) mass is 365 g/mol. The lowest BCUT2D eigenvalue weighted by atomic mass is 10.1. The van der Waals surface area contributed by atoms with Gasteiger partial charge in [0.2, 0.25) is 0 Å². The van der Waals surface area contributed by atoms with Gasteiger partial charge in [-0.2, -0.15) is 0 Å². The third kappa shape index (κ3) is 5.57. The first-order valence-corrected chi connectivity index (χ1v) is 9.21. The molecule has 1 aromatic carbocycles. The molecule has 1 saturated heterocycles. The highest BCUT2D eigenvalue weighted by Crippen LogP contribution is 2.21. The molecule has 0 aromatic heterocycles. The van der Waals surface area contributed by atoms with Gasteiger partial charge >= 0.3 is 0 Å². The van der Waals surface area contributed by atoms with Gasteiger partial charge in [0, 0.05) is 32.2 Å². The number of hydrogen-bond donors (Lipinski definition) is 2. The van der Waals surface area contributed by atoms with Crippen molar-refractivity contribution >= 4 is 5.96 Å². The molecule has 0 amide bonds. The van der Waals surface area contributed by atoms with E-state index in [1.165, 1.54) is 13.2 Å². The van der Waals surface area contributed by atoms with Crippen molar-refractivity contribution in [3.05, 3.63) is 29.6 Å². The molecule has 2 N–H and O–H groups in total. The van der Waals surface area contributed by atoms with Crippen LogP contribution in [0.5, 0.6) is 5.75 Å². The van der Waals surface area contributed by atoms with Gasteiger partial charge < -0.3 is 20.3 Å². The third-order valence-corrected chi connectivity index (χ3v) is 4.81. The van der Waals surface area contributed by atoms with Crippen LogP contribution in [0, 0.1) is 5.82 Å². The Morgan fingerprint density at radius 2 is 2.15 bits per heavy atom. The Morgan fingerprint density at radius 3 is 2.81 bits per heavy atom. The number of hydrogen-bond acceptors (Lipinski definition) is 4. The summed E-state index contributed by atoms with van der Waals surface area (Å²) in [5, 5.41) is 6.64. The Bertz CT molecular complexity index is 610. The van der Waals surface area contributed by atoms with E-state index in [0.717, 1.165) is 44.2 Å². The molecule has 146 valence electrons. The number of nitrogens with one attached hydrogen (secondary N) is 2. The number of nitrogens with zero attached hydrogens (tertiary/aromatic N) is 3. The highest BCUT2D eigenvalue weighted by Gasteiger charge is 2.22. The van der Waals surface area contributed by atoms with Crippen molar-refractivity contribution in [2.24, 2.45) is 4.99 Å². The van der Waals surface area contributed by atoms with E-state index in [1.54, 1.807) is 6.07 Å². The van der Waals surface area contributed by atoms with Crippen molar-refractivity contribution in [3.8, 4) is 5.75 Å². The van der Waals surface area contributed by atoms with E-state index in [1.807, 2.05) is 19.9 Å². The topological polar surface area (TPSA) is 52.1 Å². The molecular formula is C19H32FN5O. The second-order valence-electron chi connectivity index (χ2n) is 6.88. The number of likely N-dealkylation sites (N-methyl/N-ethyl adjacent to an activating group) is 2. The number of ether oxygens (including phenoxy) is 1. The van der Waals surface area contributed by atoms with Crippen LogP contribution in [0.15, 0.2) is 23.2 Å². The molecule has 1 heterocycles. The zero-order chi connectivity index (χ0) is 19.1. The lowest BCUT2D eigenvalue weighted by Crippen LogP contribution is -2.51. The highest BCUT2D eigenvalue weighted by atomic mass is 19.1. The maximum absolute atomic E-state index is 14.0. The van der Waals surface area contributed by atoms with Gasteiger partial charge in [-0.25, -0.2) is 4.39 Å². The molecule has 1 fully saturated rings. The van der Waals surface area contributed by atoms with Gasteiger partial charge in [0.25, 0.3) is 0 Å². The van der Waals surface area contributed by atoms with Crippen molar-refractivity contribution < 1.29 is 9.13 Å². The average molecular weight is 365 g/mol. The summed E-state index contributed by atoms with van der Waals surface area (Å²) >= 11 is 0. The standard InChI is InChI=1S/C19H32FN5O/c1-6-21-19(22-12-16-13-24(3)9-10-25(16)4)23-14(2)15-7-8-18(26-5)17(20)11-15/h7-8,11,14,16H,6,9-10,12-13H2,1-5H3,(H2,21,22,23). The first-order valence-electron chi connectivity index (χ1n) is 9.21. The van der Waals surface area contributed by atoms with Crippen LogP contribution in [0.25, 0.3) is 0 Å². The predicted molar refractivity (Wildman–Crippen MR) is 104 cm³/mol. The van der Waals surface area contributed by atoms with E-state index in [9.17, 15) is 4.39 Å². The lowest BCUT2D eigenvalue weighted by molar-refractivity contribution is 0.119. The van der Waals surface area contributed by atoms with Gasteiger partial charge in [0.05, 0.1) is 19.7 Å². The minimum absolute atomic E-state index is 0.0695. The molecule has 0 spiro atoms. The molecule has 2 atom stereocenters. The highest BCUT2D eigenvalue weighted by molar-refractivity contribution is 5.80. The molecule has 1 aromatic rings. The van der Waals surface area contributed by atoms with E-state index in [4.69, 9.17) is 9.73 Å². The molecule has 6 nitrogen and oxygen atoms in total. The van der Waals surface area contributed by atoms with Crippen LogP contribution in [0.3, 0.4) is 0 Å². The number of halogens is 1. The smallest absolute Gasteiger partial charge is 0.191 e. The van der Waals surface area contributed by atoms with E-state index < -0.39 is 0 Å². The molecule has 0 radical (unpaired) electrons. The molecule has 1 aliphatic heterocycles. The lowest BCUT2D eigenvalue weighted by Gasteiger charge is -2.37. The summed E-state index contributed by atoms with van der Waals surface area (Å²) in [4.78, 5) is 9.44. The number of guanidine groups is 1. The summed E-state index contributed by atoms with van der Waals surface area (Å²) in [6.07, 6.45) is 0. The second kappa shape index (κ2) is 9.73. The van der Waals surface area contributed by atoms with Gasteiger partial charge in [-0.1, -0.05) is 6.07 Å². The molecule has 7 heteroatoms. The quantitative estimate of drug-likeness (QED) is 0.594. The Morgan fingerprint density at radius 1 is 1.38 bits per heavy atom. The number of methoxy groups -OCH3 is 1. The normalized spacial score (nSPS) is 20.7. The van der Waals surface area contributed by atoms with Crippen LogP contribution in [-0.4, -0.2) is 75.7 Å². The summed E-state index contributed by atoms with van der Waals surface area (Å²) in [6.45, 7) is 8.69. The second-order valence-corrected chi connectivity index (χ2v) is 6.88. The van der Waals surface area contributed by atoms with Crippen LogP contribution in [0.1, 0.15) is 25.5 Å². The molecule has 0 bridgehead atoms. The average Bonchev–Trinajstić information content (AvgIpc) is 2.62. The van der Waals surface area contributed by atoms with E-state index in [2.05, 4.69) is 34.5 Å². The van der Waals surface area contributed by atoms with Crippen molar-refractivity contribution in [1.29, 1.82) is 0 Å². The van der Waals surface area contributed by atoms with Crippen molar-refractivity contribution in [1.82, 2.24) is 20.4 Å². The SMILES string of the molecule is CCNC(=NCC1CN(C)CCN1C)NC(C)c1ccc(OC)c(F)c1. The summed E-state index contributed by atoms with van der Waals surface area (Å²) in [7, 11) is 5.76. The summed E-state index contributed by atoms with van der Waals surface area (Å²) in [5.41, 5.74) is 0.850. The first-order chi connectivity index (χ1) is 12.4. The number of benzene rings is 1. The van der Waals surface area contributed by atoms with Gasteiger partial charge in [-0.3, -0.25) is 9.89 Å². The Balaban J connectivity index is 2.03. The fraction of sp³-hybridized carbons (Fsp3) is 0.632. The maximum atomic E-state index is 14.0. The first kappa shape index (κ1) is 20.5. The predicted octanol–water partition coefficient (Wildman–Crippen LogP) is 1.70. The van der Waals surface area contributed by atoms with Crippen molar-refractivity contribution in [2.75, 3.05) is 53.9 Å². The minimum Gasteiger partial charge on any atom is -0.494 e. The van der Waals surface area contributed by atoms with Gasteiger partial charge in [0.15, 0.2) is 17.5 Å². The van der Waals surface area contributed by atoms with E-state index >= 15 is 0 Å². The van der Waals surface area contributed by atoms with Crippen molar-refractivity contribution in [3.63, 3.8) is 0 Å². The molecule has 26 heavy (non-hydrogen) atoms. The van der Waals surface area contributed by atoms with Crippen LogP contribution in [-0.2, 0) is 0 Å². The van der Waals surface area contributed by atoms with Gasteiger partial charge in [-0.15, -0.1) is 0 Å². The van der Waals surface area contributed by atoms with E-state index in [-0.39, 0.29) is 17.6 Å². The molecule has 0 saturated carbocycles. The third-order valence-electron chi connectivity index (χ3n) is 4.81. The zero-order valence-corrected chi connectivity index (χ0v) is 16.6. The van der Waals surface area contributed by atoms with Crippen LogP contribution >= 0.6 is 0 Å². The zero-order valence-electron chi connectivity index (χ0n) is 16.6. The molecule has 2 unspecified atom stereocenters. The molecular weight excluding hydrogens is 333 g/mol. The molecule has 2 rings (SSSR count). The molecule has 1 aliphatic rings. The Hall–Kier alpha value is -1.86. The largest absolute Gasteiger partial charge is 0.494 e. The number of aliphatic imine (C=N–C) groups is 1. The summed E-state index contributed by atoms with van der Waals surface area (Å²) in [6, 6.07) is 5.36. The summed E-state index contributed by atoms with van der Waals surface area (Å²) in [5.74, 6) is 0.649. The van der Waals surface area contributed by atoms with Crippen LogP contribution in [0.2, 0.25) is 0 Å². The molecule has 0 aliphatic carbocycles. The van der Waals surface area contributed by atoms with Crippen LogP contribution < -0.4 is 15.4 Å². The van der Waals surface area contributed by atoms with Gasteiger partial charge in [-0.05, 0) is 45.6 Å². The maximum Gasteiger partial charge on any atom is 0.191 e. The Kier molecular flexibility index (Phi) is 7.66. The number of rotatable bonds is 6. The van der Waals surface area contributed by atoms with Crippen LogP contribution in [0.4, 0.5) is 4.39 Å².